The number of hydrogen-bond acceptors (Lipinski definition) is 6. The first-order chi connectivity index (χ1) is 27.2. The highest BCUT2D eigenvalue weighted by atomic mass is 16.5. The average molecular weight is 759 g/mol. The van der Waals surface area contributed by atoms with Crippen molar-refractivity contribution >= 4 is 23.8 Å². The maximum Gasteiger partial charge on any atom is 0.308 e. The molecule has 10 heteroatoms. The van der Waals surface area contributed by atoms with Crippen LogP contribution >= 0.6 is 0 Å². The number of hydrogen-bond donors (Lipinski definition) is 2. The van der Waals surface area contributed by atoms with Gasteiger partial charge in [0, 0.05) is 26.2 Å². The summed E-state index contributed by atoms with van der Waals surface area (Å²) in [6.45, 7) is 1.17. The molecule has 4 aromatic rings. The Morgan fingerprint density at radius 3 is 1.11 bits per heavy atom. The number of para-hydroxylation sites is 2. The Kier molecular flexibility index (Phi) is 12.3. The molecule has 0 aliphatic heterocycles. The summed E-state index contributed by atoms with van der Waals surface area (Å²) in [6.07, 6.45) is 7.97. The van der Waals surface area contributed by atoms with Crippen LogP contribution in [0.1, 0.15) is 62.5 Å². The average Bonchev–Trinajstić information content (AvgIpc) is 3.91. The third-order valence-electron chi connectivity index (χ3n) is 11.8. The highest BCUT2D eigenvalue weighted by Crippen LogP contribution is 2.49. The molecule has 0 bridgehead atoms. The van der Waals surface area contributed by atoms with Gasteiger partial charge in [-0.2, -0.15) is 0 Å². The number of carbonyl (C=O) groups excluding carboxylic acids is 2. The molecule has 3 aliphatic carbocycles. The van der Waals surface area contributed by atoms with E-state index < -0.39 is 47.4 Å². The molecule has 2 N–H and O–H groups in total. The predicted octanol–water partition coefficient (Wildman–Crippen LogP) is 8.66. The second-order valence-electron chi connectivity index (χ2n) is 15.6. The van der Waals surface area contributed by atoms with Gasteiger partial charge in [-0.25, -0.2) is 0 Å². The number of benzene rings is 4. The third kappa shape index (κ3) is 9.24. The summed E-state index contributed by atoms with van der Waals surface area (Å²) in [5, 5.41) is 21.2. The minimum absolute atomic E-state index is 0.187. The Morgan fingerprint density at radius 2 is 0.786 bits per heavy atom. The van der Waals surface area contributed by atoms with Gasteiger partial charge in [0.15, 0.2) is 0 Å². The van der Waals surface area contributed by atoms with Crippen LogP contribution in [0.4, 0.5) is 0 Å². The van der Waals surface area contributed by atoms with Crippen LogP contribution in [0, 0.1) is 35.5 Å². The molecule has 0 spiro atoms. The molecule has 3 saturated carbocycles. The fourth-order valence-corrected chi connectivity index (χ4v) is 8.89. The van der Waals surface area contributed by atoms with Gasteiger partial charge in [0.25, 0.3) is 0 Å². The molecule has 10 nitrogen and oxygen atoms in total. The first kappa shape index (κ1) is 38.6. The summed E-state index contributed by atoms with van der Waals surface area (Å²) >= 11 is 0. The normalized spacial score (nSPS) is 20.9. The van der Waals surface area contributed by atoms with Crippen LogP contribution in [-0.4, -0.2) is 56.9 Å². The number of carboxylic acids is 2. The van der Waals surface area contributed by atoms with Gasteiger partial charge in [0.1, 0.15) is 23.0 Å². The molecule has 0 unspecified atom stereocenters. The molecule has 3 aliphatic rings. The van der Waals surface area contributed by atoms with Crippen molar-refractivity contribution in [2.75, 3.05) is 13.1 Å². The molecule has 292 valence electrons. The smallest absolute Gasteiger partial charge is 0.308 e. The lowest BCUT2D eigenvalue weighted by Crippen LogP contribution is -2.64. The van der Waals surface area contributed by atoms with Crippen LogP contribution in [0.3, 0.4) is 0 Å². The van der Waals surface area contributed by atoms with Crippen molar-refractivity contribution in [1.29, 1.82) is 0 Å². The van der Waals surface area contributed by atoms with E-state index in [0.717, 1.165) is 62.5 Å². The van der Waals surface area contributed by atoms with E-state index in [0.29, 0.717) is 36.1 Å². The fraction of sp³-hybridized carbons (Fsp3) is 0.391. The van der Waals surface area contributed by atoms with Crippen molar-refractivity contribution in [3.63, 3.8) is 0 Å². The highest BCUT2D eigenvalue weighted by Gasteiger charge is 2.65. The molecule has 0 atom stereocenters. The second kappa shape index (κ2) is 17.9. The van der Waals surface area contributed by atoms with E-state index in [1.54, 1.807) is 9.80 Å². The zero-order valence-electron chi connectivity index (χ0n) is 31.6. The highest BCUT2D eigenvalue weighted by molar-refractivity contribution is 5.99. The van der Waals surface area contributed by atoms with Gasteiger partial charge in [-0.05, 0) is 97.2 Å². The zero-order valence-corrected chi connectivity index (χ0v) is 31.6. The SMILES string of the molecule is O=C(O)C1C(C(=O)N(Cc2ccc(Oc3ccccc3)cc2)CC2CCCC2)C(C(=O)O)C1C(=O)N(Cc1ccc(Oc2ccccc2)cc1)CC1CCCC1. The maximum absolute atomic E-state index is 14.6. The topological polar surface area (TPSA) is 134 Å². The van der Waals surface area contributed by atoms with Crippen molar-refractivity contribution in [3.05, 3.63) is 120 Å². The summed E-state index contributed by atoms with van der Waals surface area (Å²) in [5.41, 5.74) is 1.62. The Hall–Kier alpha value is -5.64. The van der Waals surface area contributed by atoms with Crippen molar-refractivity contribution in [3.8, 4) is 23.0 Å². The summed E-state index contributed by atoms with van der Waals surface area (Å²) in [4.78, 5) is 58.5. The molecule has 0 saturated heterocycles. The van der Waals surface area contributed by atoms with Crippen molar-refractivity contribution in [1.82, 2.24) is 9.80 Å². The summed E-state index contributed by atoms with van der Waals surface area (Å²) in [7, 11) is 0. The molecule has 0 aromatic heterocycles. The van der Waals surface area contributed by atoms with Crippen LogP contribution in [0.5, 0.6) is 23.0 Å². The standard InChI is InChI=1S/C46H50N2O8/c49-43(47(27-31-11-7-8-12-31)29-33-19-23-37(24-20-33)55-35-15-3-1-4-16-35)39-41(45(51)52)40(42(39)46(53)54)44(50)48(28-32-13-9-10-14-32)30-34-21-25-38(26-22-34)56-36-17-5-2-6-18-36/h1-6,15-26,31-32,39-42H,7-14,27-30H2,(H,51,52)(H,53,54). The number of rotatable bonds is 16. The number of carbonyl (C=O) groups is 4. The van der Waals surface area contributed by atoms with Crippen LogP contribution in [0.15, 0.2) is 109 Å². The van der Waals surface area contributed by atoms with Crippen molar-refractivity contribution < 1.29 is 38.9 Å². The van der Waals surface area contributed by atoms with E-state index in [-0.39, 0.29) is 24.9 Å². The molecule has 7 rings (SSSR count). The monoisotopic (exact) mass is 758 g/mol. The number of nitrogens with zero attached hydrogens (tertiary/aromatic N) is 2. The first-order valence-corrected chi connectivity index (χ1v) is 19.9. The minimum atomic E-state index is -1.46. The molecule has 4 aromatic carbocycles. The second-order valence-corrected chi connectivity index (χ2v) is 15.6. The molecular formula is C46H50N2O8. The number of amides is 2. The van der Waals surface area contributed by atoms with Gasteiger partial charge in [0.05, 0.1) is 23.7 Å². The predicted molar refractivity (Wildman–Crippen MR) is 210 cm³/mol. The van der Waals surface area contributed by atoms with E-state index in [9.17, 15) is 29.4 Å². The summed E-state index contributed by atoms with van der Waals surface area (Å²) in [6, 6.07) is 33.5. The molecular weight excluding hydrogens is 709 g/mol. The first-order valence-electron chi connectivity index (χ1n) is 19.9. The van der Waals surface area contributed by atoms with Gasteiger partial charge < -0.3 is 29.5 Å². The van der Waals surface area contributed by atoms with Crippen molar-refractivity contribution in [2.45, 2.75) is 64.5 Å². The fourth-order valence-electron chi connectivity index (χ4n) is 8.89. The quantitative estimate of drug-likeness (QED) is 0.116. The van der Waals surface area contributed by atoms with Crippen LogP contribution in [0.25, 0.3) is 0 Å². The molecule has 2 amide bonds. The molecule has 0 radical (unpaired) electrons. The lowest BCUT2D eigenvalue weighted by atomic mass is 9.55. The maximum atomic E-state index is 14.6. The van der Waals surface area contributed by atoms with E-state index in [1.165, 1.54) is 0 Å². The third-order valence-corrected chi connectivity index (χ3v) is 11.8. The van der Waals surface area contributed by atoms with Crippen LogP contribution < -0.4 is 9.47 Å². The molecule has 0 heterocycles. The van der Waals surface area contributed by atoms with Gasteiger partial charge in [-0.1, -0.05) is 86.3 Å². The van der Waals surface area contributed by atoms with Gasteiger partial charge in [0.2, 0.25) is 11.8 Å². The van der Waals surface area contributed by atoms with E-state index in [4.69, 9.17) is 9.47 Å². The van der Waals surface area contributed by atoms with Gasteiger partial charge in [-0.15, -0.1) is 0 Å². The lowest BCUT2D eigenvalue weighted by Gasteiger charge is -2.48. The van der Waals surface area contributed by atoms with Crippen LogP contribution in [-0.2, 0) is 32.3 Å². The minimum Gasteiger partial charge on any atom is -0.481 e. The molecule has 56 heavy (non-hydrogen) atoms. The molecule has 3 fully saturated rings. The number of aliphatic carboxylic acids is 2. The Balaban J connectivity index is 1.11. The Morgan fingerprint density at radius 1 is 0.464 bits per heavy atom. The summed E-state index contributed by atoms with van der Waals surface area (Å²) < 4.78 is 11.9. The Labute approximate surface area is 328 Å². The number of carboxylic acid groups (broad SMARTS) is 2. The zero-order chi connectivity index (χ0) is 39.0. The van der Waals surface area contributed by atoms with E-state index in [2.05, 4.69) is 0 Å². The largest absolute Gasteiger partial charge is 0.481 e. The summed E-state index contributed by atoms with van der Waals surface area (Å²) in [5.74, 6) is -6.26. The van der Waals surface area contributed by atoms with E-state index >= 15 is 0 Å². The van der Waals surface area contributed by atoms with Crippen LogP contribution in [0.2, 0.25) is 0 Å². The van der Waals surface area contributed by atoms with Crippen molar-refractivity contribution in [2.24, 2.45) is 35.5 Å². The van der Waals surface area contributed by atoms with Gasteiger partial charge in [-0.3, -0.25) is 19.2 Å². The van der Waals surface area contributed by atoms with E-state index in [1.807, 2.05) is 109 Å². The number of ether oxygens (including phenoxy) is 2. The Bertz CT molecular complexity index is 1790. The lowest BCUT2D eigenvalue weighted by molar-refractivity contribution is -0.188. The van der Waals surface area contributed by atoms with Gasteiger partial charge >= 0.3 is 11.9 Å².